The van der Waals surface area contributed by atoms with Crippen molar-refractivity contribution in [2.24, 2.45) is 0 Å². The first kappa shape index (κ1) is 15.3. The van der Waals surface area contributed by atoms with Crippen LogP contribution < -0.4 is 4.74 Å². The fourth-order valence-electron chi connectivity index (χ4n) is 2.43. The van der Waals surface area contributed by atoms with Crippen LogP contribution in [0.4, 0.5) is 0 Å². The number of carbonyl (C=O) groups excluding carboxylic acids is 1. The minimum Gasteiger partial charge on any atom is -0.493 e. The molecule has 1 amide bonds. The number of ether oxygens (including phenoxy) is 1. The molecule has 6 nitrogen and oxygen atoms in total. The Morgan fingerprint density at radius 2 is 2.10 bits per heavy atom. The highest BCUT2D eigenvalue weighted by Crippen LogP contribution is 2.20. The molecule has 0 aliphatic carbocycles. The number of aryl methyl sites for hydroxylation is 1. The van der Waals surface area contributed by atoms with E-state index < -0.39 is 18.1 Å². The highest BCUT2D eigenvalue weighted by Gasteiger charge is 2.38. The highest BCUT2D eigenvalue weighted by atomic mass is 16.5. The summed E-state index contributed by atoms with van der Waals surface area (Å²) in [6.45, 7) is 2.16. The number of aliphatic hydroxyl groups excluding tert-OH is 1. The molecule has 1 saturated heterocycles. The van der Waals surface area contributed by atoms with Crippen molar-refractivity contribution in [2.45, 2.75) is 31.9 Å². The summed E-state index contributed by atoms with van der Waals surface area (Å²) in [4.78, 5) is 24.3. The third kappa shape index (κ3) is 3.72. The van der Waals surface area contributed by atoms with Crippen LogP contribution in [-0.4, -0.2) is 52.3 Å². The number of carboxylic acids is 1. The summed E-state index contributed by atoms with van der Waals surface area (Å²) >= 11 is 0. The Balaban J connectivity index is 1.87. The molecular weight excluding hydrogens is 274 g/mol. The number of nitrogens with zero attached hydrogens (tertiary/aromatic N) is 1. The lowest BCUT2D eigenvalue weighted by Crippen LogP contribution is -2.41. The molecule has 1 fully saturated rings. The van der Waals surface area contributed by atoms with Gasteiger partial charge in [0.2, 0.25) is 5.91 Å². The fraction of sp³-hybridized carbons (Fsp3) is 0.467. The van der Waals surface area contributed by atoms with Gasteiger partial charge in [0.15, 0.2) is 0 Å². The largest absolute Gasteiger partial charge is 0.493 e. The van der Waals surface area contributed by atoms with Crippen molar-refractivity contribution >= 4 is 11.9 Å². The topological polar surface area (TPSA) is 87.1 Å². The number of para-hydroxylation sites is 1. The highest BCUT2D eigenvalue weighted by molar-refractivity contribution is 5.84. The van der Waals surface area contributed by atoms with Crippen molar-refractivity contribution in [1.82, 2.24) is 4.90 Å². The third-order valence-corrected chi connectivity index (χ3v) is 3.55. The van der Waals surface area contributed by atoms with Gasteiger partial charge in [-0.2, -0.15) is 0 Å². The molecule has 0 aromatic heterocycles. The summed E-state index contributed by atoms with van der Waals surface area (Å²) in [7, 11) is 0. The first-order valence-electron chi connectivity index (χ1n) is 6.88. The number of benzene rings is 1. The monoisotopic (exact) mass is 293 g/mol. The quantitative estimate of drug-likeness (QED) is 0.839. The van der Waals surface area contributed by atoms with Crippen molar-refractivity contribution in [3.8, 4) is 5.75 Å². The van der Waals surface area contributed by atoms with Crippen molar-refractivity contribution in [2.75, 3.05) is 13.2 Å². The number of rotatable bonds is 5. The maximum Gasteiger partial charge on any atom is 0.326 e. The van der Waals surface area contributed by atoms with Crippen LogP contribution in [0.25, 0.3) is 0 Å². The molecule has 2 N–H and O–H groups in total. The lowest BCUT2D eigenvalue weighted by Gasteiger charge is -2.21. The zero-order valence-corrected chi connectivity index (χ0v) is 11.9. The van der Waals surface area contributed by atoms with Gasteiger partial charge in [-0.25, -0.2) is 4.79 Å². The molecule has 1 aromatic rings. The second-order valence-electron chi connectivity index (χ2n) is 5.15. The van der Waals surface area contributed by atoms with E-state index in [1.807, 2.05) is 31.2 Å². The van der Waals surface area contributed by atoms with Gasteiger partial charge in [0.25, 0.3) is 0 Å². The molecule has 21 heavy (non-hydrogen) atoms. The number of carboxylic acid groups (broad SMARTS) is 1. The van der Waals surface area contributed by atoms with Gasteiger partial charge in [0, 0.05) is 13.0 Å². The molecule has 1 aliphatic heterocycles. The molecule has 2 atom stereocenters. The zero-order chi connectivity index (χ0) is 15.4. The molecule has 0 bridgehead atoms. The number of aliphatic carboxylic acids is 1. The second kappa shape index (κ2) is 6.58. The van der Waals surface area contributed by atoms with Crippen LogP contribution >= 0.6 is 0 Å². The Bertz CT molecular complexity index is 531. The molecule has 1 heterocycles. The van der Waals surface area contributed by atoms with E-state index in [4.69, 9.17) is 9.84 Å². The van der Waals surface area contributed by atoms with Gasteiger partial charge < -0.3 is 19.8 Å². The van der Waals surface area contributed by atoms with Crippen LogP contribution in [0, 0.1) is 6.92 Å². The van der Waals surface area contributed by atoms with Crippen molar-refractivity contribution in [1.29, 1.82) is 0 Å². The van der Waals surface area contributed by atoms with E-state index in [2.05, 4.69) is 0 Å². The average Bonchev–Trinajstić information content (AvgIpc) is 2.83. The number of hydrogen-bond acceptors (Lipinski definition) is 4. The fourth-order valence-corrected chi connectivity index (χ4v) is 2.43. The lowest BCUT2D eigenvalue weighted by atomic mass is 10.2. The Hall–Kier alpha value is -2.08. The van der Waals surface area contributed by atoms with E-state index in [0.717, 1.165) is 5.56 Å². The standard InChI is InChI=1S/C15H19NO5/c1-10-4-2-3-5-13(10)21-7-6-14(18)16-9-11(17)8-12(16)15(19)20/h2-5,11-12,17H,6-9H2,1H3,(H,19,20). The summed E-state index contributed by atoms with van der Waals surface area (Å²) < 4.78 is 5.53. The van der Waals surface area contributed by atoms with E-state index >= 15 is 0 Å². The first-order chi connectivity index (χ1) is 9.99. The third-order valence-electron chi connectivity index (χ3n) is 3.55. The van der Waals surface area contributed by atoms with Crippen molar-refractivity contribution in [3.63, 3.8) is 0 Å². The minimum absolute atomic E-state index is 0.0696. The number of hydrogen-bond donors (Lipinski definition) is 2. The van der Waals surface area contributed by atoms with E-state index in [1.54, 1.807) is 0 Å². The minimum atomic E-state index is -1.08. The number of β-amino-alcohol motifs (C(OH)–C–C–N with tert-alkyl or cyclic N) is 1. The molecule has 1 aromatic carbocycles. The van der Waals surface area contributed by atoms with E-state index in [1.165, 1.54) is 4.90 Å². The summed E-state index contributed by atoms with van der Waals surface area (Å²) in [5, 5.41) is 18.6. The van der Waals surface area contributed by atoms with Crippen LogP contribution in [0.3, 0.4) is 0 Å². The maximum absolute atomic E-state index is 12.1. The molecule has 2 unspecified atom stereocenters. The van der Waals surface area contributed by atoms with Gasteiger partial charge in [0.05, 0.1) is 19.1 Å². The van der Waals surface area contributed by atoms with E-state index in [0.29, 0.717) is 5.75 Å². The number of aliphatic hydroxyl groups is 1. The zero-order valence-electron chi connectivity index (χ0n) is 11.9. The molecule has 0 radical (unpaired) electrons. The Labute approximate surface area is 122 Å². The summed E-state index contributed by atoms with van der Waals surface area (Å²) in [6, 6.07) is 6.54. The van der Waals surface area contributed by atoms with Gasteiger partial charge >= 0.3 is 5.97 Å². The van der Waals surface area contributed by atoms with Gasteiger partial charge in [-0.15, -0.1) is 0 Å². The Morgan fingerprint density at radius 1 is 1.38 bits per heavy atom. The van der Waals surface area contributed by atoms with Gasteiger partial charge in [-0.1, -0.05) is 18.2 Å². The van der Waals surface area contributed by atoms with Gasteiger partial charge in [-0.3, -0.25) is 4.79 Å². The predicted octanol–water partition coefficient (Wildman–Crippen LogP) is 0.810. The Kier molecular flexibility index (Phi) is 4.80. The normalized spacial score (nSPS) is 21.3. The lowest BCUT2D eigenvalue weighted by molar-refractivity contribution is -0.148. The van der Waals surface area contributed by atoms with Crippen molar-refractivity contribution < 1.29 is 24.5 Å². The first-order valence-corrected chi connectivity index (χ1v) is 6.88. The van der Waals surface area contributed by atoms with Crippen LogP contribution in [0.15, 0.2) is 24.3 Å². The molecule has 1 aliphatic rings. The Morgan fingerprint density at radius 3 is 2.76 bits per heavy atom. The molecule has 114 valence electrons. The van der Waals surface area contributed by atoms with Crippen LogP contribution in [0.2, 0.25) is 0 Å². The number of likely N-dealkylation sites (tertiary alicyclic amines) is 1. The smallest absolute Gasteiger partial charge is 0.326 e. The van der Waals surface area contributed by atoms with Gasteiger partial charge in [-0.05, 0) is 18.6 Å². The molecule has 2 rings (SSSR count). The van der Waals surface area contributed by atoms with Gasteiger partial charge in [0.1, 0.15) is 11.8 Å². The predicted molar refractivity (Wildman–Crippen MR) is 75.1 cm³/mol. The number of amides is 1. The van der Waals surface area contributed by atoms with Crippen LogP contribution in [0.5, 0.6) is 5.75 Å². The maximum atomic E-state index is 12.1. The summed E-state index contributed by atoms with van der Waals surface area (Å²) in [6.07, 6.45) is -0.600. The van der Waals surface area contributed by atoms with Crippen LogP contribution in [0.1, 0.15) is 18.4 Å². The van der Waals surface area contributed by atoms with E-state index in [-0.39, 0.29) is 31.9 Å². The average molecular weight is 293 g/mol. The summed E-state index contributed by atoms with van der Waals surface area (Å²) in [5.74, 6) is -0.686. The molecule has 0 saturated carbocycles. The van der Waals surface area contributed by atoms with E-state index in [9.17, 15) is 14.7 Å². The molecule has 0 spiro atoms. The molecular formula is C15H19NO5. The van der Waals surface area contributed by atoms with Crippen LogP contribution in [-0.2, 0) is 9.59 Å². The number of carbonyl (C=O) groups is 2. The SMILES string of the molecule is Cc1ccccc1OCCC(=O)N1CC(O)CC1C(=O)O. The van der Waals surface area contributed by atoms with Crippen molar-refractivity contribution in [3.05, 3.63) is 29.8 Å². The second-order valence-corrected chi connectivity index (χ2v) is 5.15. The molecule has 6 heteroatoms. The summed E-state index contributed by atoms with van der Waals surface area (Å²) in [5.41, 5.74) is 0.977.